The van der Waals surface area contributed by atoms with E-state index in [9.17, 15) is 4.79 Å². The standard InChI is InChI=1S/C19H17N3O2/c23-18(11-19-22-16-7-3-4-8-17(16)24-19)20-10-9-13-12-21-15-6-2-1-5-14(13)15/h1-8,12,21H,9-11H2,(H,20,23). The Balaban J connectivity index is 1.35. The molecule has 0 atom stereocenters. The van der Waals surface area contributed by atoms with Crippen LogP contribution in [-0.4, -0.2) is 22.4 Å². The molecule has 5 nitrogen and oxygen atoms in total. The number of nitrogens with one attached hydrogen (secondary N) is 2. The van der Waals surface area contributed by atoms with Gasteiger partial charge in [0.2, 0.25) is 11.8 Å². The summed E-state index contributed by atoms with van der Waals surface area (Å²) in [7, 11) is 0. The first-order valence-electron chi connectivity index (χ1n) is 7.96. The maximum Gasteiger partial charge on any atom is 0.229 e. The molecule has 0 unspecified atom stereocenters. The van der Waals surface area contributed by atoms with Gasteiger partial charge in [0.1, 0.15) is 11.9 Å². The van der Waals surface area contributed by atoms with Crippen LogP contribution in [0.5, 0.6) is 0 Å². The van der Waals surface area contributed by atoms with Crippen LogP contribution in [0.2, 0.25) is 0 Å². The normalized spacial score (nSPS) is 11.2. The van der Waals surface area contributed by atoms with E-state index in [2.05, 4.69) is 21.4 Å². The molecule has 4 aromatic rings. The fraction of sp³-hybridized carbons (Fsp3) is 0.158. The molecule has 4 rings (SSSR count). The average Bonchev–Trinajstić information content (AvgIpc) is 3.18. The highest BCUT2D eigenvalue weighted by Gasteiger charge is 2.10. The highest BCUT2D eigenvalue weighted by molar-refractivity contribution is 5.83. The molecule has 120 valence electrons. The van der Waals surface area contributed by atoms with E-state index in [1.54, 1.807) is 0 Å². The highest BCUT2D eigenvalue weighted by atomic mass is 16.3. The Morgan fingerprint density at radius 1 is 1.12 bits per heavy atom. The van der Waals surface area contributed by atoms with Crippen LogP contribution in [0, 0.1) is 0 Å². The maximum absolute atomic E-state index is 12.1. The molecule has 0 saturated carbocycles. The number of nitrogens with zero attached hydrogens (tertiary/aromatic N) is 1. The quantitative estimate of drug-likeness (QED) is 0.593. The van der Waals surface area contributed by atoms with E-state index in [4.69, 9.17) is 4.42 Å². The zero-order valence-electron chi connectivity index (χ0n) is 13.1. The van der Waals surface area contributed by atoms with Gasteiger partial charge in [0.15, 0.2) is 5.58 Å². The fourth-order valence-electron chi connectivity index (χ4n) is 2.87. The number of amides is 1. The van der Waals surface area contributed by atoms with Crippen LogP contribution in [0.1, 0.15) is 11.5 Å². The van der Waals surface area contributed by atoms with E-state index in [1.165, 1.54) is 10.9 Å². The van der Waals surface area contributed by atoms with Crippen molar-refractivity contribution in [2.45, 2.75) is 12.8 Å². The Morgan fingerprint density at radius 3 is 2.88 bits per heavy atom. The number of rotatable bonds is 5. The van der Waals surface area contributed by atoms with Crippen molar-refractivity contribution in [1.82, 2.24) is 15.3 Å². The van der Waals surface area contributed by atoms with Crippen molar-refractivity contribution in [3.63, 3.8) is 0 Å². The predicted octanol–water partition coefficient (Wildman–Crippen LogP) is 3.21. The molecule has 0 fully saturated rings. The zero-order valence-corrected chi connectivity index (χ0v) is 13.1. The molecule has 24 heavy (non-hydrogen) atoms. The lowest BCUT2D eigenvalue weighted by Gasteiger charge is -2.03. The summed E-state index contributed by atoms with van der Waals surface area (Å²) in [5.41, 5.74) is 3.80. The molecule has 0 radical (unpaired) electrons. The van der Waals surface area contributed by atoms with Crippen LogP contribution in [0.3, 0.4) is 0 Å². The summed E-state index contributed by atoms with van der Waals surface area (Å²) in [5.74, 6) is 0.363. The van der Waals surface area contributed by atoms with Crippen LogP contribution in [-0.2, 0) is 17.6 Å². The Hall–Kier alpha value is -3.08. The van der Waals surface area contributed by atoms with Crippen LogP contribution < -0.4 is 5.32 Å². The second-order valence-corrected chi connectivity index (χ2v) is 5.71. The lowest BCUT2D eigenvalue weighted by Crippen LogP contribution is -2.27. The number of hydrogen-bond acceptors (Lipinski definition) is 3. The summed E-state index contributed by atoms with van der Waals surface area (Å²) < 4.78 is 5.57. The fourth-order valence-corrected chi connectivity index (χ4v) is 2.87. The summed E-state index contributed by atoms with van der Waals surface area (Å²) >= 11 is 0. The van der Waals surface area contributed by atoms with Gasteiger partial charge < -0.3 is 14.7 Å². The number of benzene rings is 2. The molecule has 2 aromatic heterocycles. The Kier molecular flexibility index (Phi) is 3.75. The summed E-state index contributed by atoms with van der Waals surface area (Å²) in [4.78, 5) is 19.6. The second-order valence-electron chi connectivity index (χ2n) is 5.71. The predicted molar refractivity (Wildman–Crippen MR) is 92.7 cm³/mol. The third kappa shape index (κ3) is 2.88. The third-order valence-electron chi connectivity index (χ3n) is 4.04. The van der Waals surface area contributed by atoms with Crippen molar-refractivity contribution in [2.24, 2.45) is 0 Å². The second kappa shape index (κ2) is 6.20. The van der Waals surface area contributed by atoms with Gasteiger partial charge in [-0.1, -0.05) is 30.3 Å². The molecule has 5 heteroatoms. The van der Waals surface area contributed by atoms with Crippen molar-refractivity contribution in [3.05, 3.63) is 66.2 Å². The van der Waals surface area contributed by atoms with Crippen LogP contribution in [0.4, 0.5) is 0 Å². The van der Waals surface area contributed by atoms with Crippen molar-refractivity contribution >= 4 is 27.9 Å². The number of H-pyrrole nitrogens is 1. The number of carbonyl (C=O) groups excluding carboxylic acids is 1. The molecule has 2 aromatic carbocycles. The number of hydrogen-bond donors (Lipinski definition) is 2. The van der Waals surface area contributed by atoms with Gasteiger partial charge in [-0.05, 0) is 30.2 Å². The molecule has 0 spiro atoms. The molecule has 1 amide bonds. The minimum atomic E-state index is -0.0820. The Labute approximate surface area is 138 Å². The number of oxazole rings is 1. The summed E-state index contributed by atoms with van der Waals surface area (Å²) in [6, 6.07) is 15.7. The van der Waals surface area contributed by atoms with Gasteiger partial charge in [0, 0.05) is 23.6 Å². The van der Waals surface area contributed by atoms with Crippen molar-refractivity contribution in [1.29, 1.82) is 0 Å². The summed E-state index contributed by atoms with van der Waals surface area (Å²) in [6.07, 6.45) is 2.93. The molecule has 0 bridgehead atoms. The van der Waals surface area contributed by atoms with Crippen molar-refractivity contribution < 1.29 is 9.21 Å². The number of aromatic amines is 1. The minimum absolute atomic E-state index is 0.0820. The maximum atomic E-state index is 12.1. The lowest BCUT2D eigenvalue weighted by atomic mass is 10.1. The van der Waals surface area contributed by atoms with Gasteiger partial charge >= 0.3 is 0 Å². The van der Waals surface area contributed by atoms with E-state index in [0.29, 0.717) is 18.0 Å². The monoisotopic (exact) mass is 319 g/mol. The molecular weight excluding hydrogens is 302 g/mol. The molecule has 2 heterocycles. The van der Waals surface area contributed by atoms with Crippen LogP contribution in [0.25, 0.3) is 22.0 Å². The van der Waals surface area contributed by atoms with E-state index in [-0.39, 0.29) is 12.3 Å². The molecular formula is C19H17N3O2. The minimum Gasteiger partial charge on any atom is -0.440 e. The first kappa shape index (κ1) is 14.5. The number of fused-ring (bicyclic) bond motifs is 2. The molecule has 0 saturated heterocycles. The Bertz CT molecular complexity index is 967. The van der Waals surface area contributed by atoms with Gasteiger partial charge in [-0.2, -0.15) is 0 Å². The molecule has 0 aliphatic carbocycles. The lowest BCUT2D eigenvalue weighted by molar-refractivity contribution is -0.120. The number of para-hydroxylation sites is 3. The van der Waals surface area contributed by atoms with Gasteiger partial charge in [0.05, 0.1) is 0 Å². The van der Waals surface area contributed by atoms with Crippen LogP contribution >= 0.6 is 0 Å². The first-order chi connectivity index (χ1) is 11.8. The van der Waals surface area contributed by atoms with Crippen molar-refractivity contribution in [2.75, 3.05) is 6.54 Å². The van der Waals surface area contributed by atoms with E-state index in [0.717, 1.165) is 17.5 Å². The van der Waals surface area contributed by atoms with Gasteiger partial charge in [0.25, 0.3) is 0 Å². The van der Waals surface area contributed by atoms with Gasteiger partial charge in [-0.25, -0.2) is 4.98 Å². The number of carbonyl (C=O) groups is 1. The smallest absolute Gasteiger partial charge is 0.229 e. The van der Waals surface area contributed by atoms with E-state index < -0.39 is 0 Å². The Morgan fingerprint density at radius 2 is 1.96 bits per heavy atom. The van der Waals surface area contributed by atoms with E-state index >= 15 is 0 Å². The van der Waals surface area contributed by atoms with E-state index in [1.807, 2.05) is 48.7 Å². The zero-order chi connectivity index (χ0) is 16.4. The van der Waals surface area contributed by atoms with Crippen molar-refractivity contribution in [3.8, 4) is 0 Å². The first-order valence-corrected chi connectivity index (χ1v) is 7.96. The largest absolute Gasteiger partial charge is 0.440 e. The summed E-state index contributed by atoms with van der Waals surface area (Å²) in [5, 5.41) is 4.13. The van der Waals surface area contributed by atoms with Gasteiger partial charge in [-0.15, -0.1) is 0 Å². The topological polar surface area (TPSA) is 70.9 Å². The third-order valence-corrected chi connectivity index (χ3v) is 4.04. The van der Waals surface area contributed by atoms with Gasteiger partial charge in [-0.3, -0.25) is 4.79 Å². The number of aromatic nitrogens is 2. The average molecular weight is 319 g/mol. The summed E-state index contributed by atoms with van der Waals surface area (Å²) in [6.45, 7) is 0.584. The molecule has 2 N–H and O–H groups in total. The SMILES string of the molecule is O=C(Cc1nc2ccccc2o1)NCCc1c[nH]c2ccccc12. The van der Waals surface area contributed by atoms with Crippen LogP contribution in [0.15, 0.2) is 59.1 Å². The molecule has 0 aliphatic rings. The molecule has 0 aliphatic heterocycles. The highest BCUT2D eigenvalue weighted by Crippen LogP contribution is 2.18.